The largest absolute Gasteiger partial charge is 0.481 e. The molecule has 1 aliphatic rings. The van der Waals surface area contributed by atoms with Crippen LogP contribution in [0.5, 0.6) is 0 Å². The number of carboxylic acids is 1. The molecule has 1 N–H and O–H groups in total. The summed E-state index contributed by atoms with van der Waals surface area (Å²) in [5, 5.41) is 8.86. The SMILES string of the molecule is CC(=O)OCC1CCCC1c1cccc(CCC(=O)O)c1C. The highest BCUT2D eigenvalue weighted by atomic mass is 16.5. The molecule has 0 heterocycles. The lowest BCUT2D eigenvalue weighted by Crippen LogP contribution is -2.16. The van der Waals surface area contributed by atoms with E-state index >= 15 is 0 Å². The summed E-state index contributed by atoms with van der Waals surface area (Å²) in [5.41, 5.74) is 3.60. The summed E-state index contributed by atoms with van der Waals surface area (Å²) in [6.45, 7) is 4.01. The smallest absolute Gasteiger partial charge is 0.303 e. The molecule has 0 aliphatic heterocycles. The molecule has 2 rings (SSSR count). The van der Waals surface area contributed by atoms with Crippen LogP contribution in [-0.4, -0.2) is 23.7 Å². The highest BCUT2D eigenvalue weighted by Gasteiger charge is 2.30. The molecule has 2 unspecified atom stereocenters. The number of carboxylic acid groups (broad SMARTS) is 1. The van der Waals surface area contributed by atoms with Gasteiger partial charge in [-0.25, -0.2) is 0 Å². The number of carbonyl (C=O) groups excluding carboxylic acids is 1. The fourth-order valence-corrected chi connectivity index (χ4v) is 3.49. The molecular formula is C18H24O4. The Morgan fingerprint density at radius 1 is 1.32 bits per heavy atom. The molecular weight excluding hydrogens is 280 g/mol. The number of aliphatic carboxylic acids is 1. The molecule has 0 radical (unpaired) electrons. The van der Waals surface area contributed by atoms with E-state index in [2.05, 4.69) is 13.0 Å². The fraction of sp³-hybridized carbons (Fsp3) is 0.556. The molecule has 0 spiro atoms. The Bertz CT molecular complexity index is 550. The molecule has 1 saturated carbocycles. The van der Waals surface area contributed by atoms with E-state index in [0.29, 0.717) is 24.9 Å². The van der Waals surface area contributed by atoms with Crippen LogP contribution >= 0.6 is 0 Å². The van der Waals surface area contributed by atoms with Crippen molar-refractivity contribution in [2.24, 2.45) is 5.92 Å². The van der Waals surface area contributed by atoms with Crippen molar-refractivity contribution in [2.75, 3.05) is 6.61 Å². The third-order valence-corrected chi connectivity index (χ3v) is 4.66. The van der Waals surface area contributed by atoms with E-state index in [4.69, 9.17) is 9.84 Å². The van der Waals surface area contributed by atoms with Gasteiger partial charge in [-0.1, -0.05) is 24.6 Å². The molecule has 2 atom stereocenters. The van der Waals surface area contributed by atoms with E-state index in [1.807, 2.05) is 12.1 Å². The second-order valence-electron chi connectivity index (χ2n) is 6.13. The Morgan fingerprint density at radius 3 is 2.77 bits per heavy atom. The zero-order chi connectivity index (χ0) is 16.1. The van der Waals surface area contributed by atoms with Gasteiger partial charge in [-0.15, -0.1) is 0 Å². The molecule has 4 nitrogen and oxygen atoms in total. The predicted molar refractivity (Wildman–Crippen MR) is 83.9 cm³/mol. The van der Waals surface area contributed by atoms with Gasteiger partial charge in [0, 0.05) is 13.3 Å². The first-order chi connectivity index (χ1) is 10.5. The Kier molecular flexibility index (Phi) is 5.58. The molecule has 0 aromatic heterocycles. The van der Waals surface area contributed by atoms with Gasteiger partial charge in [-0.2, -0.15) is 0 Å². The van der Waals surface area contributed by atoms with Crippen molar-refractivity contribution in [2.45, 2.75) is 51.9 Å². The maximum Gasteiger partial charge on any atom is 0.303 e. The van der Waals surface area contributed by atoms with E-state index in [-0.39, 0.29) is 12.4 Å². The number of esters is 1. The number of hydrogen-bond acceptors (Lipinski definition) is 3. The van der Waals surface area contributed by atoms with Crippen LogP contribution in [0.2, 0.25) is 0 Å². The maximum absolute atomic E-state index is 11.0. The predicted octanol–water partition coefficient (Wildman–Crippen LogP) is 3.46. The van der Waals surface area contributed by atoms with E-state index in [1.54, 1.807) is 0 Å². The normalized spacial score (nSPS) is 20.8. The van der Waals surface area contributed by atoms with Crippen LogP contribution < -0.4 is 0 Å². The highest BCUT2D eigenvalue weighted by molar-refractivity contribution is 5.67. The summed E-state index contributed by atoms with van der Waals surface area (Å²) >= 11 is 0. The van der Waals surface area contributed by atoms with E-state index in [9.17, 15) is 9.59 Å². The number of rotatable bonds is 6. The molecule has 120 valence electrons. The first-order valence-corrected chi connectivity index (χ1v) is 7.92. The van der Waals surface area contributed by atoms with Crippen LogP contribution in [0.4, 0.5) is 0 Å². The minimum atomic E-state index is -0.765. The van der Waals surface area contributed by atoms with Crippen LogP contribution in [0.3, 0.4) is 0 Å². The zero-order valence-electron chi connectivity index (χ0n) is 13.3. The first kappa shape index (κ1) is 16.5. The summed E-state index contributed by atoms with van der Waals surface area (Å²) in [6, 6.07) is 6.16. The number of aryl methyl sites for hydroxylation is 1. The monoisotopic (exact) mass is 304 g/mol. The molecule has 22 heavy (non-hydrogen) atoms. The standard InChI is InChI=1S/C18H24O4/c1-12-14(9-10-18(20)21)5-3-7-16(12)17-8-4-6-15(17)11-22-13(2)19/h3,5,7,15,17H,4,6,8-11H2,1-2H3,(H,20,21). The van der Waals surface area contributed by atoms with E-state index < -0.39 is 5.97 Å². The Labute approximate surface area is 131 Å². The lowest BCUT2D eigenvalue weighted by molar-refractivity contribution is -0.142. The van der Waals surface area contributed by atoms with Crippen molar-refractivity contribution in [3.8, 4) is 0 Å². The van der Waals surface area contributed by atoms with Crippen molar-refractivity contribution in [3.05, 3.63) is 34.9 Å². The van der Waals surface area contributed by atoms with Gasteiger partial charge >= 0.3 is 11.9 Å². The van der Waals surface area contributed by atoms with Gasteiger partial charge in [-0.3, -0.25) is 9.59 Å². The number of carbonyl (C=O) groups is 2. The molecule has 1 fully saturated rings. The van der Waals surface area contributed by atoms with Crippen molar-refractivity contribution in [1.82, 2.24) is 0 Å². The fourth-order valence-electron chi connectivity index (χ4n) is 3.49. The van der Waals surface area contributed by atoms with Gasteiger partial charge in [0.25, 0.3) is 0 Å². The van der Waals surface area contributed by atoms with Crippen molar-refractivity contribution in [1.29, 1.82) is 0 Å². The molecule has 4 heteroatoms. The summed E-state index contributed by atoms with van der Waals surface area (Å²) < 4.78 is 5.21. The maximum atomic E-state index is 11.0. The van der Waals surface area contributed by atoms with Crippen LogP contribution in [0, 0.1) is 12.8 Å². The first-order valence-electron chi connectivity index (χ1n) is 7.92. The Morgan fingerprint density at radius 2 is 2.09 bits per heavy atom. The van der Waals surface area contributed by atoms with Crippen LogP contribution in [-0.2, 0) is 20.7 Å². The van der Waals surface area contributed by atoms with E-state index in [1.165, 1.54) is 18.1 Å². The van der Waals surface area contributed by atoms with Gasteiger partial charge < -0.3 is 9.84 Å². The quantitative estimate of drug-likeness (QED) is 0.817. The second-order valence-corrected chi connectivity index (χ2v) is 6.13. The van der Waals surface area contributed by atoms with Crippen LogP contribution in [0.25, 0.3) is 0 Å². The summed E-state index contributed by atoms with van der Waals surface area (Å²) in [5.74, 6) is -0.211. The van der Waals surface area contributed by atoms with Crippen molar-refractivity contribution in [3.63, 3.8) is 0 Å². The average molecular weight is 304 g/mol. The number of benzene rings is 1. The third kappa shape index (κ3) is 4.09. The summed E-state index contributed by atoms with van der Waals surface area (Å²) in [6.07, 6.45) is 4.06. The number of hydrogen-bond donors (Lipinski definition) is 1. The third-order valence-electron chi connectivity index (χ3n) is 4.66. The zero-order valence-corrected chi connectivity index (χ0v) is 13.3. The lowest BCUT2D eigenvalue weighted by atomic mass is 9.84. The Balaban J connectivity index is 2.14. The lowest BCUT2D eigenvalue weighted by Gasteiger charge is -2.22. The minimum absolute atomic E-state index is 0.159. The van der Waals surface area contributed by atoms with Gasteiger partial charge in [0.1, 0.15) is 0 Å². The molecule has 1 aromatic rings. The average Bonchev–Trinajstić information content (AvgIpc) is 2.92. The molecule has 0 amide bonds. The van der Waals surface area contributed by atoms with E-state index in [0.717, 1.165) is 24.8 Å². The molecule has 1 aromatic carbocycles. The van der Waals surface area contributed by atoms with Crippen LogP contribution in [0.1, 0.15) is 55.2 Å². The minimum Gasteiger partial charge on any atom is -0.481 e. The topological polar surface area (TPSA) is 63.6 Å². The molecule has 0 saturated heterocycles. The van der Waals surface area contributed by atoms with Gasteiger partial charge in [0.15, 0.2) is 0 Å². The second kappa shape index (κ2) is 7.43. The Hall–Kier alpha value is -1.84. The number of ether oxygens (including phenoxy) is 1. The van der Waals surface area contributed by atoms with Crippen LogP contribution in [0.15, 0.2) is 18.2 Å². The highest BCUT2D eigenvalue weighted by Crippen LogP contribution is 2.41. The summed E-state index contributed by atoms with van der Waals surface area (Å²) in [4.78, 5) is 21.8. The molecule has 0 bridgehead atoms. The van der Waals surface area contributed by atoms with Gasteiger partial charge in [0.2, 0.25) is 0 Å². The molecule has 1 aliphatic carbocycles. The summed E-state index contributed by atoms with van der Waals surface area (Å²) in [7, 11) is 0. The van der Waals surface area contributed by atoms with Crippen molar-refractivity contribution < 1.29 is 19.4 Å². The van der Waals surface area contributed by atoms with Gasteiger partial charge in [0.05, 0.1) is 6.61 Å². The van der Waals surface area contributed by atoms with Crippen molar-refractivity contribution >= 4 is 11.9 Å². The van der Waals surface area contributed by atoms with Gasteiger partial charge in [-0.05, 0) is 54.7 Å².